The molecule has 7 heteroatoms. The molecule has 1 aromatic heterocycles. The third kappa shape index (κ3) is 4.40. The predicted molar refractivity (Wildman–Crippen MR) is 106 cm³/mol. The van der Waals surface area contributed by atoms with Gasteiger partial charge in [0.05, 0.1) is 10.7 Å². The molecule has 0 bridgehead atoms. The van der Waals surface area contributed by atoms with E-state index in [0.717, 1.165) is 44.0 Å². The standard InChI is InChI=1S/C19H23ClN4O.ClH/c20-16-4-2-1-3-15(16)17-11-18(23-22-17)19(25)24-9-7-14(8-10-24)21-12-13-5-6-13;/h1-4,11,13-14,21H,5-10,12H2,(H,22,23);1H. The number of aromatic nitrogens is 2. The average Bonchev–Trinajstić information content (AvgIpc) is 3.35. The molecule has 1 amide bonds. The monoisotopic (exact) mass is 394 g/mol. The van der Waals surface area contributed by atoms with E-state index in [1.165, 1.54) is 12.8 Å². The van der Waals surface area contributed by atoms with Gasteiger partial charge in [0.25, 0.3) is 5.91 Å². The Kier molecular flexibility index (Phi) is 6.22. The second-order valence-corrected chi connectivity index (χ2v) is 7.47. The van der Waals surface area contributed by atoms with E-state index in [2.05, 4.69) is 15.5 Å². The molecule has 2 aliphatic rings. The minimum absolute atomic E-state index is 0. The van der Waals surface area contributed by atoms with E-state index in [1.807, 2.05) is 29.2 Å². The largest absolute Gasteiger partial charge is 0.337 e. The van der Waals surface area contributed by atoms with Crippen LogP contribution in [-0.4, -0.2) is 46.7 Å². The van der Waals surface area contributed by atoms with Crippen LogP contribution in [0.15, 0.2) is 30.3 Å². The highest BCUT2D eigenvalue weighted by Crippen LogP contribution is 2.28. The SMILES string of the molecule is Cl.O=C(c1cc(-c2ccccc2Cl)n[nH]1)N1CCC(NCC2CC2)CC1. The first kappa shape index (κ1) is 19.2. The maximum Gasteiger partial charge on any atom is 0.271 e. The molecule has 1 aliphatic heterocycles. The number of rotatable bonds is 5. The molecule has 5 nitrogen and oxygen atoms in total. The number of nitrogens with zero attached hydrogens (tertiary/aromatic N) is 2. The van der Waals surface area contributed by atoms with Gasteiger partial charge in [0, 0.05) is 24.7 Å². The second kappa shape index (κ2) is 8.42. The van der Waals surface area contributed by atoms with E-state index in [-0.39, 0.29) is 18.3 Å². The minimum Gasteiger partial charge on any atom is -0.337 e. The van der Waals surface area contributed by atoms with Gasteiger partial charge in [-0.1, -0.05) is 29.8 Å². The summed E-state index contributed by atoms with van der Waals surface area (Å²) in [5.41, 5.74) is 2.07. The molecule has 0 radical (unpaired) electrons. The number of hydrogen-bond donors (Lipinski definition) is 2. The van der Waals surface area contributed by atoms with Crippen LogP contribution in [0.25, 0.3) is 11.3 Å². The van der Waals surface area contributed by atoms with Crippen LogP contribution in [0.2, 0.25) is 5.02 Å². The van der Waals surface area contributed by atoms with Crippen LogP contribution >= 0.6 is 24.0 Å². The molecule has 140 valence electrons. The van der Waals surface area contributed by atoms with E-state index in [9.17, 15) is 4.79 Å². The van der Waals surface area contributed by atoms with Crippen LogP contribution in [-0.2, 0) is 0 Å². The van der Waals surface area contributed by atoms with Gasteiger partial charge < -0.3 is 10.2 Å². The van der Waals surface area contributed by atoms with Gasteiger partial charge in [-0.25, -0.2) is 0 Å². The van der Waals surface area contributed by atoms with Crippen molar-refractivity contribution < 1.29 is 4.79 Å². The Morgan fingerprint density at radius 3 is 2.65 bits per heavy atom. The summed E-state index contributed by atoms with van der Waals surface area (Å²) < 4.78 is 0. The molecule has 1 saturated carbocycles. The lowest BCUT2D eigenvalue weighted by Crippen LogP contribution is -2.45. The van der Waals surface area contributed by atoms with Crippen LogP contribution in [0.4, 0.5) is 0 Å². The van der Waals surface area contributed by atoms with Crippen molar-refractivity contribution in [3.05, 3.63) is 41.0 Å². The van der Waals surface area contributed by atoms with Crippen LogP contribution in [0.1, 0.15) is 36.2 Å². The Balaban J connectivity index is 0.00000196. The van der Waals surface area contributed by atoms with Crippen LogP contribution in [0.5, 0.6) is 0 Å². The minimum atomic E-state index is 0. The van der Waals surface area contributed by atoms with Gasteiger partial charge in [-0.3, -0.25) is 9.89 Å². The fourth-order valence-electron chi connectivity index (χ4n) is 3.35. The quantitative estimate of drug-likeness (QED) is 0.811. The molecule has 2 fully saturated rings. The Bertz CT molecular complexity index is 752. The normalized spacial score (nSPS) is 17.8. The number of halogens is 2. The predicted octanol–water partition coefficient (Wildman–Crippen LogP) is 3.76. The molecule has 26 heavy (non-hydrogen) atoms. The number of H-pyrrole nitrogens is 1. The molecule has 2 N–H and O–H groups in total. The van der Waals surface area contributed by atoms with E-state index in [4.69, 9.17) is 11.6 Å². The van der Waals surface area contributed by atoms with Crippen molar-refractivity contribution in [3.63, 3.8) is 0 Å². The van der Waals surface area contributed by atoms with Gasteiger partial charge in [0.15, 0.2) is 0 Å². The third-order valence-electron chi connectivity index (χ3n) is 5.13. The summed E-state index contributed by atoms with van der Waals surface area (Å²) in [6.07, 6.45) is 4.78. The summed E-state index contributed by atoms with van der Waals surface area (Å²) in [5.74, 6) is 0.916. The van der Waals surface area contributed by atoms with Gasteiger partial charge >= 0.3 is 0 Å². The van der Waals surface area contributed by atoms with E-state index in [1.54, 1.807) is 6.07 Å². The van der Waals surface area contributed by atoms with Crippen LogP contribution < -0.4 is 5.32 Å². The number of carbonyl (C=O) groups is 1. The summed E-state index contributed by atoms with van der Waals surface area (Å²) in [4.78, 5) is 14.6. The first-order valence-corrected chi connectivity index (χ1v) is 9.41. The van der Waals surface area contributed by atoms with Crippen molar-refractivity contribution >= 4 is 29.9 Å². The maximum absolute atomic E-state index is 12.7. The number of hydrogen-bond acceptors (Lipinski definition) is 3. The number of amides is 1. The topological polar surface area (TPSA) is 61.0 Å². The Labute approximate surface area is 164 Å². The highest BCUT2D eigenvalue weighted by atomic mass is 35.5. The lowest BCUT2D eigenvalue weighted by Gasteiger charge is -2.32. The van der Waals surface area contributed by atoms with Crippen molar-refractivity contribution in [1.82, 2.24) is 20.4 Å². The number of likely N-dealkylation sites (tertiary alicyclic amines) is 1. The van der Waals surface area contributed by atoms with Gasteiger partial charge in [-0.15, -0.1) is 12.4 Å². The number of carbonyl (C=O) groups excluding carboxylic acids is 1. The molecule has 1 saturated heterocycles. The van der Waals surface area contributed by atoms with Crippen LogP contribution in [0.3, 0.4) is 0 Å². The summed E-state index contributed by atoms with van der Waals surface area (Å²) in [5, 5.41) is 11.4. The van der Waals surface area contributed by atoms with Crippen molar-refractivity contribution in [2.24, 2.45) is 5.92 Å². The summed E-state index contributed by atoms with van der Waals surface area (Å²) in [6, 6.07) is 9.87. The molecular weight excluding hydrogens is 371 g/mol. The number of benzene rings is 1. The van der Waals surface area contributed by atoms with Crippen molar-refractivity contribution in [2.75, 3.05) is 19.6 Å². The van der Waals surface area contributed by atoms with Gasteiger partial charge in [-0.05, 0) is 50.3 Å². The zero-order valence-electron chi connectivity index (χ0n) is 14.6. The number of aromatic amines is 1. The molecule has 2 heterocycles. The second-order valence-electron chi connectivity index (χ2n) is 7.06. The van der Waals surface area contributed by atoms with Crippen molar-refractivity contribution in [3.8, 4) is 11.3 Å². The zero-order valence-corrected chi connectivity index (χ0v) is 16.2. The molecule has 0 spiro atoms. The van der Waals surface area contributed by atoms with Gasteiger partial charge in [0.2, 0.25) is 0 Å². The van der Waals surface area contributed by atoms with Crippen molar-refractivity contribution in [1.29, 1.82) is 0 Å². The van der Waals surface area contributed by atoms with E-state index < -0.39 is 0 Å². The summed E-state index contributed by atoms with van der Waals surface area (Å²) >= 11 is 6.21. The lowest BCUT2D eigenvalue weighted by molar-refractivity contribution is 0.0699. The molecular formula is C19H24Cl2N4O. The lowest BCUT2D eigenvalue weighted by atomic mass is 10.0. The van der Waals surface area contributed by atoms with Crippen molar-refractivity contribution in [2.45, 2.75) is 31.7 Å². The molecule has 2 aromatic rings. The molecule has 4 rings (SSSR count). The third-order valence-corrected chi connectivity index (χ3v) is 5.46. The fraction of sp³-hybridized carbons (Fsp3) is 0.474. The summed E-state index contributed by atoms with van der Waals surface area (Å²) in [6.45, 7) is 2.73. The molecule has 1 aliphatic carbocycles. The number of nitrogens with one attached hydrogen (secondary N) is 2. The Morgan fingerprint density at radius 2 is 1.96 bits per heavy atom. The number of piperidine rings is 1. The molecule has 0 atom stereocenters. The average molecular weight is 395 g/mol. The van der Waals surface area contributed by atoms with Crippen LogP contribution in [0, 0.1) is 5.92 Å². The highest BCUT2D eigenvalue weighted by molar-refractivity contribution is 6.33. The Hall–Kier alpha value is -1.56. The first-order valence-electron chi connectivity index (χ1n) is 9.03. The Morgan fingerprint density at radius 1 is 1.23 bits per heavy atom. The fourth-order valence-corrected chi connectivity index (χ4v) is 3.58. The van der Waals surface area contributed by atoms with Gasteiger partial charge in [-0.2, -0.15) is 5.10 Å². The summed E-state index contributed by atoms with van der Waals surface area (Å²) in [7, 11) is 0. The maximum atomic E-state index is 12.7. The smallest absolute Gasteiger partial charge is 0.271 e. The van der Waals surface area contributed by atoms with E-state index >= 15 is 0 Å². The van der Waals surface area contributed by atoms with E-state index in [0.29, 0.717) is 22.5 Å². The van der Waals surface area contributed by atoms with Gasteiger partial charge in [0.1, 0.15) is 5.69 Å². The molecule has 0 unspecified atom stereocenters. The zero-order chi connectivity index (χ0) is 17.2. The molecule has 1 aromatic carbocycles. The highest BCUT2D eigenvalue weighted by Gasteiger charge is 2.27. The first-order chi connectivity index (χ1) is 12.2.